The Morgan fingerprint density at radius 1 is 1.54 bits per heavy atom. The van der Waals surface area contributed by atoms with E-state index in [-0.39, 0.29) is 5.91 Å². The average Bonchev–Trinajstić information content (AvgIpc) is 2.18. The van der Waals surface area contributed by atoms with Gasteiger partial charge in [-0.1, -0.05) is 6.92 Å². The first-order valence-electron chi connectivity index (χ1n) is 4.26. The lowest BCUT2D eigenvalue weighted by atomic mass is 9.80. The topological polar surface area (TPSA) is 69.6 Å². The molecule has 0 aromatic rings. The summed E-state index contributed by atoms with van der Waals surface area (Å²) >= 11 is 0. The minimum absolute atomic E-state index is 0.363. The Kier molecular flexibility index (Phi) is 2.87. The molecule has 1 rings (SSSR count). The van der Waals surface area contributed by atoms with Crippen LogP contribution in [0.2, 0.25) is 0 Å². The predicted octanol–water partition coefficient (Wildman–Crippen LogP) is -0.250. The molecule has 0 bridgehead atoms. The Morgan fingerprint density at radius 3 is 2.46 bits per heavy atom. The zero-order valence-corrected chi connectivity index (χ0v) is 7.62. The van der Waals surface area contributed by atoms with Gasteiger partial charge in [0.2, 0.25) is 12.3 Å². The first-order chi connectivity index (χ1) is 6.12. The number of rotatable bonds is 2. The largest absolute Gasteiger partial charge is 0.345 e. The molecule has 5 nitrogen and oxygen atoms in total. The van der Waals surface area contributed by atoms with Gasteiger partial charge in [-0.25, -0.2) is 5.48 Å². The first kappa shape index (κ1) is 9.98. The van der Waals surface area contributed by atoms with Crippen molar-refractivity contribution in [2.45, 2.75) is 19.8 Å². The fraction of sp³-hybridized carbons (Fsp3) is 0.750. The summed E-state index contributed by atoms with van der Waals surface area (Å²) in [7, 11) is 0. The molecule has 1 aliphatic heterocycles. The van der Waals surface area contributed by atoms with E-state index in [1.807, 2.05) is 0 Å². The van der Waals surface area contributed by atoms with Crippen LogP contribution in [-0.4, -0.2) is 35.5 Å². The molecule has 1 heterocycles. The lowest BCUT2D eigenvalue weighted by molar-refractivity contribution is -0.142. The molecule has 13 heavy (non-hydrogen) atoms. The number of piperidine rings is 1. The van der Waals surface area contributed by atoms with Crippen molar-refractivity contribution in [3.05, 3.63) is 0 Å². The molecule has 2 amide bonds. The number of carbonyl (C=O) groups excluding carboxylic acids is 2. The average molecular weight is 186 g/mol. The fourth-order valence-corrected chi connectivity index (χ4v) is 1.48. The number of hydroxylamine groups is 1. The Balaban J connectivity index is 2.55. The molecule has 0 spiro atoms. The van der Waals surface area contributed by atoms with Crippen molar-refractivity contribution >= 4 is 12.3 Å². The molecule has 1 saturated heterocycles. The quantitative estimate of drug-likeness (QED) is 0.355. The number of hydrogen-bond acceptors (Lipinski definition) is 3. The Labute approximate surface area is 76.7 Å². The number of amides is 2. The Bertz CT molecular complexity index is 209. The van der Waals surface area contributed by atoms with E-state index >= 15 is 0 Å². The maximum atomic E-state index is 11.2. The smallest absolute Gasteiger partial charge is 0.249 e. The lowest BCUT2D eigenvalue weighted by Crippen LogP contribution is -2.46. The maximum Gasteiger partial charge on any atom is 0.249 e. The van der Waals surface area contributed by atoms with Crippen LogP contribution < -0.4 is 5.48 Å². The van der Waals surface area contributed by atoms with Crippen molar-refractivity contribution < 1.29 is 14.8 Å². The number of nitrogens with one attached hydrogen (secondary N) is 1. The van der Waals surface area contributed by atoms with Crippen LogP contribution in [0.15, 0.2) is 0 Å². The van der Waals surface area contributed by atoms with Gasteiger partial charge in [0.15, 0.2) is 0 Å². The van der Waals surface area contributed by atoms with E-state index in [0.717, 1.165) is 6.41 Å². The molecule has 74 valence electrons. The number of carbonyl (C=O) groups is 2. The van der Waals surface area contributed by atoms with Crippen LogP contribution in [0.3, 0.4) is 0 Å². The summed E-state index contributed by atoms with van der Waals surface area (Å²) in [6.45, 7) is 2.95. The summed E-state index contributed by atoms with van der Waals surface area (Å²) in [5, 5.41) is 8.49. The highest BCUT2D eigenvalue weighted by atomic mass is 16.5. The third-order valence-electron chi connectivity index (χ3n) is 2.70. The minimum atomic E-state index is -0.533. The summed E-state index contributed by atoms with van der Waals surface area (Å²) in [5.41, 5.74) is 1.13. The molecule has 0 aromatic carbocycles. The molecule has 0 atom stereocenters. The summed E-state index contributed by atoms with van der Waals surface area (Å²) in [6.07, 6.45) is 1.98. The van der Waals surface area contributed by atoms with Gasteiger partial charge in [-0.15, -0.1) is 0 Å². The number of nitrogens with zero attached hydrogens (tertiary/aromatic N) is 1. The third-order valence-corrected chi connectivity index (χ3v) is 2.70. The van der Waals surface area contributed by atoms with Gasteiger partial charge in [0.25, 0.3) is 0 Å². The molecule has 1 aliphatic rings. The summed E-state index contributed by atoms with van der Waals surface area (Å²) in [6, 6.07) is 0. The molecule has 0 aromatic heterocycles. The van der Waals surface area contributed by atoms with Crippen LogP contribution in [0.5, 0.6) is 0 Å². The van der Waals surface area contributed by atoms with Crippen molar-refractivity contribution in [3.8, 4) is 0 Å². The Hall–Kier alpha value is -1.10. The molecular weight excluding hydrogens is 172 g/mol. The van der Waals surface area contributed by atoms with E-state index in [2.05, 4.69) is 0 Å². The van der Waals surface area contributed by atoms with Gasteiger partial charge in [-0.3, -0.25) is 14.8 Å². The number of likely N-dealkylation sites (tertiary alicyclic amines) is 1. The molecule has 1 fully saturated rings. The molecule has 0 aliphatic carbocycles. The summed E-state index contributed by atoms with van der Waals surface area (Å²) in [5.74, 6) is -0.363. The second-order valence-electron chi connectivity index (χ2n) is 3.64. The first-order valence-corrected chi connectivity index (χ1v) is 4.26. The van der Waals surface area contributed by atoms with Gasteiger partial charge >= 0.3 is 0 Å². The van der Waals surface area contributed by atoms with E-state index < -0.39 is 5.41 Å². The summed E-state index contributed by atoms with van der Waals surface area (Å²) in [4.78, 5) is 23.2. The molecule has 0 saturated carbocycles. The van der Waals surface area contributed by atoms with Crippen LogP contribution in [0.1, 0.15) is 19.8 Å². The summed E-state index contributed by atoms with van der Waals surface area (Å²) < 4.78 is 0. The van der Waals surface area contributed by atoms with Crippen molar-refractivity contribution in [1.82, 2.24) is 10.4 Å². The van der Waals surface area contributed by atoms with Crippen molar-refractivity contribution in [1.29, 1.82) is 0 Å². The van der Waals surface area contributed by atoms with Gasteiger partial charge < -0.3 is 4.90 Å². The van der Waals surface area contributed by atoms with Crippen LogP contribution >= 0.6 is 0 Å². The predicted molar refractivity (Wildman–Crippen MR) is 44.9 cm³/mol. The van der Waals surface area contributed by atoms with Gasteiger partial charge in [0.1, 0.15) is 0 Å². The SMILES string of the molecule is CC1(C(=O)NO)CCN(C=O)CC1. The van der Waals surface area contributed by atoms with Crippen LogP contribution in [0.4, 0.5) is 0 Å². The fourth-order valence-electron chi connectivity index (χ4n) is 1.48. The van der Waals surface area contributed by atoms with Gasteiger partial charge in [0, 0.05) is 13.1 Å². The normalized spacial score (nSPS) is 20.9. The Morgan fingerprint density at radius 2 is 2.08 bits per heavy atom. The lowest BCUT2D eigenvalue weighted by Gasteiger charge is -2.35. The molecule has 5 heteroatoms. The van der Waals surface area contributed by atoms with Crippen molar-refractivity contribution in [2.75, 3.05) is 13.1 Å². The van der Waals surface area contributed by atoms with Gasteiger partial charge in [0.05, 0.1) is 5.41 Å². The highest BCUT2D eigenvalue weighted by molar-refractivity contribution is 5.81. The molecule has 2 N–H and O–H groups in total. The van der Waals surface area contributed by atoms with E-state index in [0.29, 0.717) is 25.9 Å². The van der Waals surface area contributed by atoms with E-state index in [9.17, 15) is 9.59 Å². The van der Waals surface area contributed by atoms with Crippen LogP contribution in [-0.2, 0) is 9.59 Å². The highest BCUT2D eigenvalue weighted by Crippen LogP contribution is 2.30. The van der Waals surface area contributed by atoms with E-state index in [4.69, 9.17) is 5.21 Å². The van der Waals surface area contributed by atoms with Crippen molar-refractivity contribution in [3.63, 3.8) is 0 Å². The van der Waals surface area contributed by atoms with Crippen molar-refractivity contribution in [2.24, 2.45) is 5.41 Å². The second kappa shape index (κ2) is 3.74. The standard InChI is InChI=1S/C8H14N2O3/c1-8(7(12)9-13)2-4-10(6-11)5-3-8/h6,13H,2-5H2,1H3,(H,9,12). The third kappa shape index (κ3) is 1.98. The zero-order chi connectivity index (χ0) is 9.90. The van der Waals surface area contributed by atoms with Gasteiger partial charge in [-0.05, 0) is 12.8 Å². The maximum absolute atomic E-state index is 11.2. The van der Waals surface area contributed by atoms with Crippen LogP contribution in [0.25, 0.3) is 0 Å². The highest BCUT2D eigenvalue weighted by Gasteiger charge is 2.36. The van der Waals surface area contributed by atoms with Crippen LogP contribution in [0, 0.1) is 5.41 Å². The molecule has 0 unspecified atom stereocenters. The minimum Gasteiger partial charge on any atom is -0.345 e. The van der Waals surface area contributed by atoms with E-state index in [1.165, 1.54) is 0 Å². The molecular formula is C8H14N2O3. The van der Waals surface area contributed by atoms with Gasteiger partial charge in [-0.2, -0.15) is 0 Å². The number of hydrogen-bond donors (Lipinski definition) is 2. The second-order valence-corrected chi connectivity index (χ2v) is 3.64. The molecule has 0 radical (unpaired) electrons. The zero-order valence-electron chi connectivity index (χ0n) is 7.62. The van der Waals surface area contributed by atoms with E-state index in [1.54, 1.807) is 17.3 Å². The monoisotopic (exact) mass is 186 g/mol.